The van der Waals surface area contributed by atoms with Gasteiger partial charge in [-0.1, -0.05) is 6.92 Å². The molecule has 0 radical (unpaired) electrons. The molecule has 1 amide bonds. The number of nitrogens with one attached hydrogen (secondary N) is 1. The highest BCUT2D eigenvalue weighted by molar-refractivity contribution is 5.95. The maximum absolute atomic E-state index is 13.9. The Balaban J connectivity index is 2.32. The summed E-state index contributed by atoms with van der Waals surface area (Å²) in [6, 6.07) is 2.05. The summed E-state index contributed by atoms with van der Waals surface area (Å²) >= 11 is 0. The lowest BCUT2D eigenvalue weighted by Gasteiger charge is -2.24. The van der Waals surface area contributed by atoms with Crippen molar-refractivity contribution in [3.05, 3.63) is 64.2 Å². The Morgan fingerprint density at radius 2 is 1.62 bits per heavy atom. The third kappa shape index (κ3) is 6.69. The lowest BCUT2D eigenvalue weighted by molar-refractivity contribution is -0.141. The highest BCUT2D eigenvalue weighted by Gasteiger charge is 2.34. The summed E-state index contributed by atoms with van der Waals surface area (Å²) in [6.07, 6.45) is -5.02. The van der Waals surface area contributed by atoms with Crippen LogP contribution in [0, 0.1) is 23.4 Å². The Labute approximate surface area is 182 Å². The van der Waals surface area contributed by atoms with E-state index in [1.807, 2.05) is 0 Å². The van der Waals surface area contributed by atoms with E-state index in [0.717, 1.165) is 12.1 Å². The zero-order chi connectivity index (χ0) is 24.4. The van der Waals surface area contributed by atoms with Gasteiger partial charge in [-0.3, -0.25) is 4.79 Å². The van der Waals surface area contributed by atoms with Crippen LogP contribution in [0.4, 0.5) is 26.3 Å². The molecule has 176 valence electrons. The minimum atomic E-state index is -4.71. The Hall–Kier alpha value is -2.62. The highest BCUT2D eigenvalue weighted by atomic mass is 19.4. The third-order valence-corrected chi connectivity index (χ3v) is 4.79. The maximum Gasteiger partial charge on any atom is 0.433 e. The molecule has 4 nitrogen and oxygen atoms in total. The number of carbonyl (C=O) groups excluding carboxylic acids is 1. The number of benzene rings is 1. The molecule has 0 saturated heterocycles. The second-order valence-electron chi connectivity index (χ2n) is 8.80. The molecule has 2 atom stereocenters. The van der Waals surface area contributed by atoms with Crippen LogP contribution in [0.25, 0.3) is 0 Å². The zero-order valence-electron chi connectivity index (χ0n) is 18.1. The van der Waals surface area contributed by atoms with E-state index in [0.29, 0.717) is 12.1 Å². The number of pyridine rings is 1. The first kappa shape index (κ1) is 25.6. The lowest BCUT2D eigenvalue weighted by atomic mass is 9.90. The minimum Gasteiger partial charge on any atom is -0.347 e. The van der Waals surface area contributed by atoms with Crippen molar-refractivity contribution >= 4 is 5.91 Å². The maximum atomic E-state index is 13.9. The summed E-state index contributed by atoms with van der Waals surface area (Å²) in [5.41, 5.74) is 3.96. The largest absolute Gasteiger partial charge is 0.433 e. The fourth-order valence-electron chi connectivity index (χ4n) is 3.06. The normalized spacial score (nSPS) is 14.2. The van der Waals surface area contributed by atoms with Crippen LogP contribution in [0.15, 0.2) is 24.3 Å². The first-order chi connectivity index (χ1) is 14.6. The van der Waals surface area contributed by atoms with Crippen molar-refractivity contribution in [1.82, 2.24) is 10.3 Å². The number of amides is 1. The van der Waals surface area contributed by atoms with Crippen molar-refractivity contribution in [3.63, 3.8) is 0 Å². The van der Waals surface area contributed by atoms with Gasteiger partial charge in [0.1, 0.15) is 11.5 Å². The molecule has 2 rings (SSSR count). The van der Waals surface area contributed by atoms with E-state index >= 15 is 0 Å². The van der Waals surface area contributed by atoms with Crippen LogP contribution in [-0.2, 0) is 19.0 Å². The van der Waals surface area contributed by atoms with Crippen molar-refractivity contribution in [2.45, 2.75) is 58.3 Å². The standard InChI is InChI=1S/C22H25F6N3O/c1-11(17(29)9-12-8-15(24)16(25)10-14(12)23)7-18-13(20(32)31-21(2,3)4)5-6-19(30-18)22(26,27)28/h5-6,8,10-11,17H,7,9,29H2,1-4H3,(H,31,32)/t11?,17-/m1/s1. The molecule has 10 heteroatoms. The smallest absolute Gasteiger partial charge is 0.347 e. The van der Waals surface area contributed by atoms with Crippen molar-refractivity contribution in [3.8, 4) is 0 Å². The van der Waals surface area contributed by atoms with Crippen LogP contribution < -0.4 is 11.1 Å². The van der Waals surface area contributed by atoms with Gasteiger partial charge < -0.3 is 11.1 Å². The fourth-order valence-corrected chi connectivity index (χ4v) is 3.06. The van der Waals surface area contributed by atoms with Crippen LogP contribution in [0.1, 0.15) is 55.0 Å². The summed E-state index contributed by atoms with van der Waals surface area (Å²) in [5, 5.41) is 2.68. The van der Waals surface area contributed by atoms with E-state index in [9.17, 15) is 31.1 Å². The Bertz CT molecular complexity index is 985. The molecule has 1 unspecified atom stereocenters. The SMILES string of the molecule is CC(Cc1nc(C(F)(F)F)ccc1C(=O)NC(C)(C)C)[C@H](N)Cc1cc(F)c(F)cc1F. The van der Waals surface area contributed by atoms with E-state index in [2.05, 4.69) is 10.3 Å². The van der Waals surface area contributed by atoms with Gasteiger partial charge in [0, 0.05) is 17.6 Å². The monoisotopic (exact) mass is 461 g/mol. The predicted molar refractivity (Wildman–Crippen MR) is 107 cm³/mol. The van der Waals surface area contributed by atoms with Crippen LogP contribution in [0.5, 0.6) is 0 Å². The number of nitrogens with zero attached hydrogens (tertiary/aromatic N) is 1. The number of carbonyl (C=O) groups is 1. The Kier molecular flexibility index (Phi) is 7.59. The van der Waals surface area contributed by atoms with Gasteiger partial charge in [-0.15, -0.1) is 0 Å². The van der Waals surface area contributed by atoms with Crippen LogP contribution in [0.2, 0.25) is 0 Å². The van der Waals surface area contributed by atoms with E-state index < -0.39 is 52.7 Å². The quantitative estimate of drug-likeness (QED) is 0.480. The first-order valence-electron chi connectivity index (χ1n) is 9.87. The molecule has 2 aromatic rings. The van der Waals surface area contributed by atoms with Gasteiger partial charge >= 0.3 is 6.18 Å². The average Bonchev–Trinajstić information content (AvgIpc) is 2.63. The van der Waals surface area contributed by atoms with Crippen molar-refractivity contribution in [1.29, 1.82) is 0 Å². The summed E-state index contributed by atoms with van der Waals surface area (Å²) in [7, 11) is 0. The molecule has 0 aliphatic heterocycles. The van der Waals surface area contributed by atoms with Crippen LogP contribution >= 0.6 is 0 Å². The molecule has 0 fully saturated rings. The molecule has 0 aliphatic rings. The van der Waals surface area contributed by atoms with Crippen molar-refractivity contribution in [2.75, 3.05) is 0 Å². The van der Waals surface area contributed by atoms with Gasteiger partial charge in [0.25, 0.3) is 5.91 Å². The van der Waals surface area contributed by atoms with Gasteiger partial charge in [0.15, 0.2) is 11.6 Å². The van der Waals surface area contributed by atoms with Crippen LogP contribution in [-0.4, -0.2) is 22.5 Å². The fraction of sp³-hybridized carbons (Fsp3) is 0.455. The molecule has 32 heavy (non-hydrogen) atoms. The van der Waals surface area contributed by atoms with E-state index in [1.165, 1.54) is 0 Å². The zero-order valence-corrected chi connectivity index (χ0v) is 18.1. The molecule has 3 N–H and O–H groups in total. The van der Waals surface area contributed by atoms with Gasteiger partial charge in [0.05, 0.1) is 11.3 Å². The number of alkyl halides is 3. The topological polar surface area (TPSA) is 68.0 Å². The van der Waals surface area contributed by atoms with E-state index in [4.69, 9.17) is 5.73 Å². The Morgan fingerprint density at radius 1 is 1.03 bits per heavy atom. The molecular formula is C22H25F6N3O. The van der Waals surface area contributed by atoms with Gasteiger partial charge in [-0.2, -0.15) is 13.2 Å². The molecule has 0 saturated carbocycles. The summed E-state index contributed by atoms with van der Waals surface area (Å²) in [6.45, 7) is 6.75. The number of hydrogen-bond donors (Lipinski definition) is 2. The second-order valence-corrected chi connectivity index (χ2v) is 8.80. The van der Waals surface area contributed by atoms with Crippen molar-refractivity contribution < 1.29 is 31.1 Å². The number of nitrogens with two attached hydrogens (primary N) is 1. The lowest BCUT2D eigenvalue weighted by Crippen LogP contribution is -2.41. The van der Waals surface area contributed by atoms with E-state index in [-0.39, 0.29) is 29.7 Å². The summed E-state index contributed by atoms with van der Waals surface area (Å²) in [5.74, 6) is -4.72. The first-order valence-corrected chi connectivity index (χ1v) is 9.87. The average molecular weight is 461 g/mol. The Morgan fingerprint density at radius 3 is 2.19 bits per heavy atom. The number of aromatic nitrogens is 1. The summed E-state index contributed by atoms with van der Waals surface area (Å²) in [4.78, 5) is 16.3. The molecule has 0 aliphatic carbocycles. The molecule has 0 bridgehead atoms. The highest BCUT2D eigenvalue weighted by Crippen LogP contribution is 2.29. The molecular weight excluding hydrogens is 436 g/mol. The number of halogens is 6. The van der Waals surface area contributed by atoms with Crippen LogP contribution in [0.3, 0.4) is 0 Å². The molecule has 0 spiro atoms. The van der Waals surface area contributed by atoms with Gasteiger partial charge in [0.2, 0.25) is 0 Å². The number of hydrogen-bond acceptors (Lipinski definition) is 3. The minimum absolute atomic E-state index is 0.0361. The van der Waals surface area contributed by atoms with E-state index in [1.54, 1.807) is 27.7 Å². The van der Waals surface area contributed by atoms with Gasteiger partial charge in [-0.05, 0) is 63.3 Å². The summed E-state index contributed by atoms with van der Waals surface area (Å²) < 4.78 is 80.0. The van der Waals surface area contributed by atoms with Gasteiger partial charge in [-0.25, -0.2) is 18.2 Å². The molecule has 1 heterocycles. The molecule has 1 aromatic carbocycles. The predicted octanol–water partition coefficient (Wildman–Crippen LogP) is 4.79. The second kappa shape index (κ2) is 9.48. The number of rotatable bonds is 6. The van der Waals surface area contributed by atoms with Crippen molar-refractivity contribution in [2.24, 2.45) is 11.7 Å². The molecule has 1 aromatic heterocycles. The third-order valence-electron chi connectivity index (χ3n) is 4.79.